The molecule has 15 heavy (non-hydrogen) atoms. The highest BCUT2D eigenvalue weighted by molar-refractivity contribution is 6.26. The highest BCUT2D eigenvalue weighted by Crippen LogP contribution is 2.14. The van der Waals surface area contributed by atoms with Crippen LogP contribution in [0.2, 0.25) is 0 Å². The number of Topliss-reactive ketones (excluding diaryl/α,β-unsaturated/α-hetero) is 1. The Labute approximate surface area is 95.9 Å². The molecule has 0 saturated heterocycles. The first-order valence-corrected chi connectivity index (χ1v) is 6.16. The summed E-state index contributed by atoms with van der Waals surface area (Å²) in [5.41, 5.74) is -1.22. The molecule has 3 radical (unpaired) electrons. The topological polar surface area (TPSA) is 35.5 Å². The van der Waals surface area contributed by atoms with Crippen LogP contribution in [0, 0.1) is 0 Å². The van der Waals surface area contributed by atoms with E-state index in [1.807, 2.05) is 13.8 Å². The predicted octanol–water partition coefficient (Wildman–Crippen LogP) is 2.03. The maximum atomic E-state index is 11.8. The maximum absolute atomic E-state index is 11.8. The Balaban J connectivity index is 4.15. The molecule has 0 aromatic carbocycles. The highest BCUT2D eigenvalue weighted by Gasteiger charge is 2.33. The Bertz CT molecular complexity index is 177. The number of carbonyl (C=O) groups excluding carboxylic acids is 1. The van der Waals surface area contributed by atoms with E-state index in [0.717, 1.165) is 19.3 Å². The van der Waals surface area contributed by atoms with E-state index in [2.05, 4.69) is 17.2 Å². The quantitative estimate of drug-likeness (QED) is 0.345. The second-order valence-corrected chi connectivity index (χ2v) is 4.02. The van der Waals surface area contributed by atoms with Crippen LogP contribution < -0.4 is 0 Å². The molecule has 0 aliphatic carbocycles. The second kappa shape index (κ2) is 8.02. The van der Waals surface area contributed by atoms with Gasteiger partial charge in [-0.05, 0) is 20.3 Å². The molecule has 0 aliphatic rings. The second-order valence-electron chi connectivity index (χ2n) is 3.36. The first kappa shape index (κ1) is 14.8. The van der Waals surface area contributed by atoms with Gasteiger partial charge >= 0.3 is 0 Å². The van der Waals surface area contributed by atoms with Gasteiger partial charge in [0.1, 0.15) is 10.2 Å². The normalized spacial score (nSPS) is 11.7. The Morgan fingerprint density at radius 3 is 2.07 bits per heavy atom. The third-order valence-corrected chi connectivity index (χ3v) is 2.64. The van der Waals surface area contributed by atoms with E-state index < -0.39 is 5.41 Å². The van der Waals surface area contributed by atoms with Crippen molar-refractivity contribution in [3.63, 3.8) is 0 Å². The van der Waals surface area contributed by atoms with Crippen LogP contribution in [0.4, 0.5) is 0 Å². The molecule has 0 saturated carbocycles. The summed E-state index contributed by atoms with van der Waals surface area (Å²) >= 11 is 0. The van der Waals surface area contributed by atoms with Crippen molar-refractivity contribution in [1.29, 1.82) is 0 Å². The zero-order valence-electron chi connectivity index (χ0n) is 9.97. The van der Waals surface area contributed by atoms with E-state index in [0.29, 0.717) is 19.6 Å². The molecule has 0 spiro atoms. The first-order valence-electron chi connectivity index (χ1n) is 5.66. The molecule has 0 aromatic heterocycles. The van der Waals surface area contributed by atoms with Crippen molar-refractivity contribution < 1.29 is 14.3 Å². The number of ether oxygens (including phenoxy) is 2. The molecule has 4 heteroatoms. The van der Waals surface area contributed by atoms with Crippen molar-refractivity contribution in [3.05, 3.63) is 0 Å². The number of hydrogen-bond acceptors (Lipinski definition) is 3. The molecule has 0 heterocycles. The summed E-state index contributed by atoms with van der Waals surface area (Å²) in [5.74, 6) is -0.0312. The number of rotatable bonds is 9. The third-order valence-electron chi connectivity index (χ3n) is 2.07. The lowest BCUT2D eigenvalue weighted by Gasteiger charge is -2.27. The first-order chi connectivity index (χ1) is 7.10. The fourth-order valence-corrected chi connectivity index (χ4v) is 1.72. The van der Waals surface area contributed by atoms with Crippen molar-refractivity contribution in [2.24, 2.45) is 0 Å². The third kappa shape index (κ3) is 5.44. The van der Waals surface area contributed by atoms with Gasteiger partial charge in [0.05, 0.1) is 0 Å². The largest absolute Gasteiger partial charge is 0.348 e. The van der Waals surface area contributed by atoms with Gasteiger partial charge < -0.3 is 9.47 Å². The SMILES string of the molecule is CCCCCC(=O)C([Si])(OCC)OCC. The van der Waals surface area contributed by atoms with Crippen LogP contribution in [-0.2, 0) is 14.3 Å². The molecule has 0 aromatic rings. The van der Waals surface area contributed by atoms with Gasteiger partial charge in [0.2, 0.25) is 5.41 Å². The lowest BCUT2D eigenvalue weighted by Crippen LogP contribution is -2.45. The maximum Gasteiger partial charge on any atom is 0.201 e. The van der Waals surface area contributed by atoms with E-state index in [9.17, 15) is 4.79 Å². The summed E-state index contributed by atoms with van der Waals surface area (Å²) in [5, 5.41) is 0. The van der Waals surface area contributed by atoms with Crippen LogP contribution in [-0.4, -0.2) is 34.6 Å². The van der Waals surface area contributed by atoms with Gasteiger partial charge in [0.25, 0.3) is 0 Å². The van der Waals surface area contributed by atoms with Crippen molar-refractivity contribution in [2.45, 2.75) is 51.9 Å². The van der Waals surface area contributed by atoms with E-state index in [-0.39, 0.29) is 5.78 Å². The molecule has 0 rings (SSSR count). The fraction of sp³-hybridized carbons (Fsp3) is 0.909. The molecule has 0 unspecified atom stereocenters. The van der Waals surface area contributed by atoms with E-state index in [1.165, 1.54) is 0 Å². The number of unbranched alkanes of at least 4 members (excludes halogenated alkanes) is 2. The van der Waals surface area contributed by atoms with E-state index in [4.69, 9.17) is 9.47 Å². The molecule has 0 amide bonds. The minimum Gasteiger partial charge on any atom is -0.348 e. The molecule has 0 fully saturated rings. The zero-order valence-corrected chi connectivity index (χ0v) is 11.0. The lowest BCUT2D eigenvalue weighted by molar-refractivity contribution is -0.186. The Morgan fingerprint density at radius 2 is 1.67 bits per heavy atom. The van der Waals surface area contributed by atoms with E-state index in [1.54, 1.807) is 0 Å². The average Bonchev–Trinajstić information content (AvgIpc) is 2.18. The molecular formula is C11H21O3Si. The van der Waals surface area contributed by atoms with Crippen molar-refractivity contribution in [2.75, 3.05) is 13.2 Å². The standard InChI is InChI=1S/C11H21O3Si/c1-4-7-8-9-10(12)11(15,13-5-2)14-6-3/h4-9H2,1-3H3. The van der Waals surface area contributed by atoms with Crippen LogP contribution in [0.25, 0.3) is 0 Å². The molecule has 87 valence electrons. The van der Waals surface area contributed by atoms with Crippen LogP contribution >= 0.6 is 0 Å². The van der Waals surface area contributed by atoms with Gasteiger partial charge in [0.15, 0.2) is 5.78 Å². The molecule has 0 aliphatic heterocycles. The van der Waals surface area contributed by atoms with E-state index >= 15 is 0 Å². The van der Waals surface area contributed by atoms with Crippen LogP contribution in [0.15, 0.2) is 0 Å². The average molecular weight is 229 g/mol. The summed E-state index contributed by atoms with van der Waals surface area (Å²) < 4.78 is 10.6. The number of hydrogen-bond donors (Lipinski definition) is 0. The van der Waals surface area contributed by atoms with Gasteiger partial charge in [-0.1, -0.05) is 19.8 Å². The van der Waals surface area contributed by atoms with Crippen molar-refractivity contribution in [3.8, 4) is 0 Å². The summed E-state index contributed by atoms with van der Waals surface area (Å²) in [6, 6.07) is 0. The summed E-state index contributed by atoms with van der Waals surface area (Å²) in [6.07, 6.45) is 3.55. The van der Waals surface area contributed by atoms with Crippen molar-refractivity contribution in [1.82, 2.24) is 0 Å². The summed E-state index contributed by atoms with van der Waals surface area (Å²) in [7, 11) is 3.29. The molecule has 0 atom stereocenters. The Morgan fingerprint density at radius 1 is 1.13 bits per heavy atom. The van der Waals surface area contributed by atoms with Gasteiger partial charge in [-0.3, -0.25) is 4.79 Å². The predicted molar refractivity (Wildman–Crippen MR) is 60.9 cm³/mol. The molecule has 0 N–H and O–H groups in total. The molecule has 0 bridgehead atoms. The summed E-state index contributed by atoms with van der Waals surface area (Å²) in [4.78, 5) is 11.8. The minimum absolute atomic E-state index is 0.0312. The van der Waals surface area contributed by atoms with Crippen molar-refractivity contribution >= 4 is 16.0 Å². The smallest absolute Gasteiger partial charge is 0.201 e. The van der Waals surface area contributed by atoms with Gasteiger partial charge in [-0.2, -0.15) is 0 Å². The summed E-state index contributed by atoms with van der Waals surface area (Å²) in [6.45, 7) is 6.68. The molecule has 3 nitrogen and oxygen atoms in total. The van der Waals surface area contributed by atoms with Crippen LogP contribution in [0.1, 0.15) is 46.5 Å². The Hall–Kier alpha value is -0.193. The number of ketones is 1. The molecular weight excluding hydrogens is 208 g/mol. The van der Waals surface area contributed by atoms with Crippen LogP contribution in [0.3, 0.4) is 0 Å². The van der Waals surface area contributed by atoms with Crippen LogP contribution in [0.5, 0.6) is 0 Å². The minimum atomic E-state index is -1.22. The monoisotopic (exact) mass is 229 g/mol. The fourth-order valence-electron chi connectivity index (χ4n) is 1.31. The van der Waals surface area contributed by atoms with Gasteiger partial charge in [-0.15, -0.1) is 0 Å². The van der Waals surface area contributed by atoms with Gasteiger partial charge in [-0.25, -0.2) is 0 Å². The van der Waals surface area contributed by atoms with Gasteiger partial charge in [0, 0.05) is 19.6 Å². The highest BCUT2D eigenvalue weighted by atomic mass is 28.1. The zero-order chi connectivity index (χ0) is 11.7. The lowest BCUT2D eigenvalue weighted by atomic mass is 10.1. The Kier molecular flexibility index (Phi) is 7.91. The number of carbonyl (C=O) groups is 1.